The predicted octanol–water partition coefficient (Wildman–Crippen LogP) is 0.489. The summed E-state index contributed by atoms with van der Waals surface area (Å²) in [5.74, 6) is 0.983. The minimum Gasteiger partial charge on any atom is -0.372 e. The van der Waals surface area contributed by atoms with E-state index >= 15 is 0 Å². The van der Waals surface area contributed by atoms with E-state index in [4.69, 9.17) is 4.74 Å². The Morgan fingerprint density at radius 3 is 2.80 bits per heavy atom. The largest absolute Gasteiger partial charge is 0.372 e. The van der Waals surface area contributed by atoms with E-state index in [1.54, 1.807) is 11.6 Å². The molecule has 1 aromatic rings. The predicted molar refractivity (Wildman–Crippen MR) is 55.5 cm³/mol. The quantitative estimate of drug-likeness (QED) is 0.721. The molecule has 0 bridgehead atoms. The highest BCUT2D eigenvalue weighted by molar-refractivity contribution is 5.90. The van der Waals surface area contributed by atoms with Crippen molar-refractivity contribution in [1.29, 1.82) is 0 Å². The van der Waals surface area contributed by atoms with Crippen molar-refractivity contribution >= 4 is 11.9 Å². The zero-order valence-corrected chi connectivity index (χ0v) is 9.28. The molecule has 0 atom stereocenters. The van der Waals surface area contributed by atoms with E-state index < -0.39 is 0 Å². The number of amides is 1. The van der Waals surface area contributed by atoms with Crippen LogP contribution in [0.4, 0.5) is 5.95 Å². The molecule has 6 nitrogen and oxygen atoms in total. The number of ether oxygens (including phenoxy) is 1. The molecule has 0 aliphatic heterocycles. The molecule has 0 spiro atoms. The van der Waals surface area contributed by atoms with E-state index in [1.807, 2.05) is 13.8 Å². The van der Waals surface area contributed by atoms with Gasteiger partial charge in [-0.05, 0) is 13.3 Å². The molecule has 0 saturated carbocycles. The van der Waals surface area contributed by atoms with E-state index in [-0.39, 0.29) is 12.5 Å². The van der Waals surface area contributed by atoms with Gasteiger partial charge in [0, 0.05) is 13.7 Å². The average molecular weight is 212 g/mol. The first-order valence-corrected chi connectivity index (χ1v) is 4.88. The normalized spacial score (nSPS) is 10.3. The monoisotopic (exact) mass is 212 g/mol. The summed E-state index contributed by atoms with van der Waals surface area (Å²) in [5, 5.41) is 10.2. The number of nitrogens with zero attached hydrogens (tertiary/aromatic N) is 3. The highest BCUT2D eigenvalue weighted by Gasteiger charge is 2.08. The molecular weight excluding hydrogens is 196 g/mol. The van der Waals surface area contributed by atoms with Crippen molar-refractivity contribution < 1.29 is 9.53 Å². The molecule has 1 amide bonds. The van der Waals surface area contributed by atoms with Crippen LogP contribution < -0.4 is 5.32 Å². The number of carbonyl (C=O) groups is 1. The summed E-state index contributed by atoms with van der Waals surface area (Å²) in [4.78, 5) is 11.3. The van der Waals surface area contributed by atoms with Gasteiger partial charge in [0.25, 0.3) is 5.91 Å². The Hall–Kier alpha value is -1.43. The highest BCUT2D eigenvalue weighted by Crippen LogP contribution is 2.02. The second-order valence-corrected chi connectivity index (χ2v) is 3.23. The molecule has 0 aliphatic carbocycles. The van der Waals surface area contributed by atoms with E-state index in [0.29, 0.717) is 12.6 Å². The molecule has 0 aliphatic rings. The summed E-state index contributed by atoms with van der Waals surface area (Å²) < 4.78 is 6.80. The fraction of sp³-hybridized carbons (Fsp3) is 0.667. The lowest BCUT2D eigenvalue weighted by Crippen LogP contribution is -2.20. The van der Waals surface area contributed by atoms with Gasteiger partial charge in [0.15, 0.2) is 0 Å². The summed E-state index contributed by atoms with van der Waals surface area (Å²) in [6.45, 7) is 4.45. The second-order valence-electron chi connectivity index (χ2n) is 3.23. The maximum absolute atomic E-state index is 11.3. The lowest BCUT2D eigenvalue weighted by Gasteiger charge is -2.04. The maximum atomic E-state index is 11.3. The van der Waals surface area contributed by atoms with Gasteiger partial charge in [-0.15, -0.1) is 10.2 Å². The fourth-order valence-corrected chi connectivity index (χ4v) is 0.986. The summed E-state index contributed by atoms with van der Waals surface area (Å²) in [6.07, 6.45) is 0.899. The van der Waals surface area contributed by atoms with Crippen molar-refractivity contribution in [2.75, 3.05) is 18.5 Å². The number of rotatable bonds is 5. The Morgan fingerprint density at radius 2 is 2.27 bits per heavy atom. The molecule has 1 aromatic heterocycles. The molecule has 1 heterocycles. The van der Waals surface area contributed by atoms with Gasteiger partial charge in [0.1, 0.15) is 12.4 Å². The summed E-state index contributed by atoms with van der Waals surface area (Å²) in [6, 6.07) is 0. The van der Waals surface area contributed by atoms with E-state index in [0.717, 1.165) is 12.2 Å². The van der Waals surface area contributed by atoms with Gasteiger partial charge in [-0.2, -0.15) is 0 Å². The number of carbonyl (C=O) groups excluding carboxylic acids is 1. The number of aryl methyl sites for hydroxylation is 1. The fourth-order valence-electron chi connectivity index (χ4n) is 0.986. The topological polar surface area (TPSA) is 69.0 Å². The van der Waals surface area contributed by atoms with E-state index in [9.17, 15) is 4.79 Å². The Bertz CT molecular complexity index is 335. The number of nitrogens with one attached hydrogen (secondary N) is 1. The Balaban J connectivity index is 2.41. The molecule has 0 fully saturated rings. The third kappa shape index (κ3) is 3.32. The minimum absolute atomic E-state index is 0.0553. The smallest absolute Gasteiger partial charge is 0.252 e. The van der Waals surface area contributed by atoms with Crippen molar-refractivity contribution in [2.24, 2.45) is 7.05 Å². The summed E-state index contributed by atoms with van der Waals surface area (Å²) >= 11 is 0. The first-order chi connectivity index (χ1) is 7.15. The molecule has 0 saturated heterocycles. The highest BCUT2D eigenvalue weighted by atomic mass is 16.5. The summed E-state index contributed by atoms with van der Waals surface area (Å²) in [7, 11) is 1.79. The van der Waals surface area contributed by atoms with Crippen LogP contribution >= 0.6 is 0 Å². The van der Waals surface area contributed by atoms with Gasteiger partial charge < -0.3 is 9.30 Å². The molecule has 15 heavy (non-hydrogen) atoms. The first kappa shape index (κ1) is 11.6. The van der Waals surface area contributed by atoms with Crippen LogP contribution in [-0.4, -0.2) is 33.9 Å². The minimum atomic E-state index is -0.209. The van der Waals surface area contributed by atoms with Crippen LogP contribution in [0.1, 0.15) is 19.2 Å². The number of aromatic nitrogens is 3. The Labute approximate surface area is 88.6 Å². The van der Waals surface area contributed by atoms with Crippen LogP contribution in [0.5, 0.6) is 0 Å². The van der Waals surface area contributed by atoms with Crippen molar-refractivity contribution in [3.05, 3.63) is 5.82 Å². The van der Waals surface area contributed by atoms with E-state index in [1.165, 1.54) is 0 Å². The standard InChI is InChI=1S/C9H16N4O2/c1-4-5-15-6-8(14)10-9-12-11-7(2)13(9)3/h4-6H2,1-3H3,(H,10,12,14). The third-order valence-electron chi connectivity index (χ3n) is 1.93. The molecule has 6 heteroatoms. The molecule has 1 N–H and O–H groups in total. The molecule has 84 valence electrons. The second kappa shape index (κ2) is 5.45. The third-order valence-corrected chi connectivity index (χ3v) is 1.93. The average Bonchev–Trinajstić information content (AvgIpc) is 2.50. The maximum Gasteiger partial charge on any atom is 0.252 e. The SMILES string of the molecule is CCCOCC(=O)Nc1nnc(C)n1C. The van der Waals surface area contributed by atoms with Crippen LogP contribution in [0, 0.1) is 6.92 Å². The molecule has 1 rings (SSSR count). The molecule has 0 unspecified atom stereocenters. The lowest BCUT2D eigenvalue weighted by molar-refractivity contribution is -0.120. The molecule has 0 aromatic carbocycles. The Kier molecular flexibility index (Phi) is 4.23. The van der Waals surface area contributed by atoms with Gasteiger partial charge in [0.05, 0.1) is 0 Å². The Morgan fingerprint density at radius 1 is 1.53 bits per heavy atom. The van der Waals surface area contributed by atoms with Gasteiger partial charge in [-0.1, -0.05) is 6.92 Å². The zero-order valence-electron chi connectivity index (χ0n) is 9.28. The van der Waals surface area contributed by atoms with Crippen LogP contribution in [0.2, 0.25) is 0 Å². The number of anilines is 1. The van der Waals surface area contributed by atoms with Crippen LogP contribution in [0.15, 0.2) is 0 Å². The number of hydrogen-bond acceptors (Lipinski definition) is 4. The van der Waals surface area contributed by atoms with Crippen LogP contribution in [0.3, 0.4) is 0 Å². The zero-order chi connectivity index (χ0) is 11.3. The first-order valence-electron chi connectivity index (χ1n) is 4.88. The van der Waals surface area contributed by atoms with Gasteiger partial charge in [-0.3, -0.25) is 10.1 Å². The molecular formula is C9H16N4O2. The summed E-state index contributed by atoms with van der Waals surface area (Å²) in [5.41, 5.74) is 0. The van der Waals surface area contributed by atoms with Crippen molar-refractivity contribution in [3.8, 4) is 0 Å². The van der Waals surface area contributed by atoms with Crippen molar-refractivity contribution in [2.45, 2.75) is 20.3 Å². The van der Waals surface area contributed by atoms with Crippen molar-refractivity contribution in [1.82, 2.24) is 14.8 Å². The lowest BCUT2D eigenvalue weighted by atomic mass is 10.5. The van der Waals surface area contributed by atoms with Gasteiger partial charge in [-0.25, -0.2) is 0 Å². The van der Waals surface area contributed by atoms with Crippen LogP contribution in [0.25, 0.3) is 0 Å². The number of hydrogen-bond donors (Lipinski definition) is 1. The van der Waals surface area contributed by atoms with Crippen LogP contribution in [-0.2, 0) is 16.6 Å². The van der Waals surface area contributed by atoms with Gasteiger partial charge >= 0.3 is 0 Å². The van der Waals surface area contributed by atoms with Gasteiger partial charge in [0.2, 0.25) is 5.95 Å². The molecule has 0 radical (unpaired) electrons. The van der Waals surface area contributed by atoms with Crippen molar-refractivity contribution in [3.63, 3.8) is 0 Å². The van der Waals surface area contributed by atoms with E-state index in [2.05, 4.69) is 15.5 Å².